The summed E-state index contributed by atoms with van der Waals surface area (Å²) in [5, 5.41) is 15.4. The van der Waals surface area contributed by atoms with Gasteiger partial charge in [-0.25, -0.2) is 4.79 Å². The predicted octanol–water partition coefficient (Wildman–Crippen LogP) is 0.0386. The van der Waals surface area contributed by atoms with Crippen LogP contribution in [-0.4, -0.2) is 43.1 Å². The Labute approximate surface area is 119 Å². The standard InChI is InChI=1S/C13H13N5O3/c14-13-15-10(16-17-13)11(19)18-6-8-4-2-1-3-7(8)5-9(18)12(20)21/h1-4,9H,5-6H2,(H,20,21)(H3,14,15,16,17). The van der Waals surface area contributed by atoms with Gasteiger partial charge < -0.3 is 15.7 Å². The van der Waals surface area contributed by atoms with Crippen molar-refractivity contribution in [3.05, 3.63) is 41.2 Å². The van der Waals surface area contributed by atoms with E-state index in [1.807, 2.05) is 24.3 Å². The van der Waals surface area contributed by atoms with Crippen LogP contribution in [0, 0.1) is 0 Å². The lowest BCUT2D eigenvalue weighted by Gasteiger charge is -2.33. The third kappa shape index (κ3) is 2.31. The maximum atomic E-state index is 12.4. The summed E-state index contributed by atoms with van der Waals surface area (Å²) in [6, 6.07) is 6.53. The molecule has 1 aromatic carbocycles. The molecule has 108 valence electrons. The second kappa shape index (κ2) is 4.89. The summed E-state index contributed by atoms with van der Waals surface area (Å²) >= 11 is 0. The van der Waals surface area contributed by atoms with E-state index in [-0.39, 0.29) is 24.7 Å². The van der Waals surface area contributed by atoms with Crippen molar-refractivity contribution in [3.63, 3.8) is 0 Å². The number of nitrogens with zero attached hydrogens (tertiary/aromatic N) is 3. The molecule has 8 nitrogen and oxygen atoms in total. The SMILES string of the molecule is Nc1n[nH]c(C(=O)N2Cc3ccccc3CC2C(=O)O)n1. The molecule has 0 fully saturated rings. The molecular weight excluding hydrogens is 274 g/mol. The van der Waals surface area contributed by atoms with Crippen molar-refractivity contribution in [2.75, 3.05) is 5.73 Å². The summed E-state index contributed by atoms with van der Waals surface area (Å²) in [6.45, 7) is 0.215. The van der Waals surface area contributed by atoms with E-state index in [0.29, 0.717) is 0 Å². The molecule has 4 N–H and O–H groups in total. The number of aliphatic carboxylic acids is 1. The van der Waals surface area contributed by atoms with Crippen LogP contribution < -0.4 is 5.73 Å². The van der Waals surface area contributed by atoms with E-state index in [1.54, 1.807) is 0 Å². The number of rotatable bonds is 2. The van der Waals surface area contributed by atoms with Crippen LogP contribution in [0.25, 0.3) is 0 Å². The van der Waals surface area contributed by atoms with Crippen molar-refractivity contribution >= 4 is 17.8 Å². The topological polar surface area (TPSA) is 125 Å². The van der Waals surface area contributed by atoms with Gasteiger partial charge in [-0.1, -0.05) is 24.3 Å². The van der Waals surface area contributed by atoms with E-state index in [1.165, 1.54) is 4.90 Å². The van der Waals surface area contributed by atoms with Crippen molar-refractivity contribution in [3.8, 4) is 0 Å². The van der Waals surface area contributed by atoms with Crippen LogP contribution in [0.2, 0.25) is 0 Å². The molecule has 2 heterocycles. The quantitative estimate of drug-likeness (QED) is 0.716. The van der Waals surface area contributed by atoms with E-state index in [2.05, 4.69) is 15.2 Å². The maximum absolute atomic E-state index is 12.4. The molecule has 0 aliphatic carbocycles. The van der Waals surface area contributed by atoms with Crippen molar-refractivity contribution in [2.45, 2.75) is 19.0 Å². The Bertz CT molecular complexity index is 711. The molecule has 2 aromatic rings. The summed E-state index contributed by atoms with van der Waals surface area (Å²) in [4.78, 5) is 28.9. The van der Waals surface area contributed by atoms with Gasteiger partial charge in [0.2, 0.25) is 11.8 Å². The molecule has 0 radical (unpaired) electrons. The number of aromatic amines is 1. The van der Waals surface area contributed by atoms with E-state index < -0.39 is 17.9 Å². The Morgan fingerprint density at radius 1 is 1.33 bits per heavy atom. The van der Waals surface area contributed by atoms with Gasteiger partial charge >= 0.3 is 5.97 Å². The number of hydrogen-bond acceptors (Lipinski definition) is 5. The van der Waals surface area contributed by atoms with Gasteiger partial charge in [-0.3, -0.25) is 9.89 Å². The van der Waals surface area contributed by atoms with E-state index >= 15 is 0 Å². The Kier molecular flexibility index (Phi) is 3.05. The number of fused-ring (bicyclic) bond motifs is 1. The molecule has 3 rings (SSSR count). The fraction of sp³-hybridized carbons (Fsp3) is 0.231. The van der Waals surface area contributed by atoms with Gasteiger partial charge in [0.15, 0.2) is 0 Å². The molecule has 0 saturated carbocycles. The zero-order valence-electron chi connectivity index (χ0n) is 11.0. The number of H-pyrrole nitrogens is 1. The lowest BCUT2D eigenvalue weighted by Crippen LogP contribution is -2.48. The number of nitrogens with one attached hydrogen (secondary N) is 1. The molecule has 0 saturated heterocycles. The minimum Gasteiger partial charge on any atom is -0.480 e. The number of nitrogens with two attached hydrogens (primary N) is 1. The molecule has 1 amide bonds. The number of carbonyl (C=O) groups excluding carboxylic acids is 1. The minimum absolute atomic E-state index is 0.0531. The van der Waals surface area contributed by atoms with Crippen LogP contribution in [0.1, 0.15) is 21.7 Å². The summed E-state index contributed by atoms with van der Waals surface area (Å²) < 4.78 is 0. The average Bonchev–Trinajstić information content (AvgIpc) is 2.91. The normalized spacial score (nSPS) is 17.3. The summed E-state index contributed by atoms with van der Waals surface area (Å²) in [5.74, 6) is -1.69. The highest BCUT2D eigenvalue weighted by molar-refractivity contribution is 5.94. The molecule has 1 unspecified atom stereocenters. The van der Waals surface area contributed by atoms with E-state index in [0.717, 1.165) is 11.1 Å². The number of benzene rings is 1. The van der Waals surface area contributed by atoms with Crippen molar-refractivity contribution in [1.29, 1.82) is 0 Å². The number of carboxylic acid groups (broad SMARTS) is 1. The number of aromatic nitrogens is 3. The summed E-state index contributed by atoms with van der Waals surface area (Å²) in [7, 11) is 0. The van der Waals surface area contributed by atoms with Crippen LogP contribution in [0.3, 0.4) is 0 Å². The Morgan fingerprint density at radius 3 is 2.67 bits per heavy atom. The first kappa shape index (κ1) is 13.1. The number of nitrogen functional groups attached to an aromatic ring is 1. The fourth-order valence-electron chi connectivity index (χ4n) is 2.46. The van der Waals surface area contributed by atoms with Crippen molar-refractivity contribution in [2.24, 2.45) is 0 Å². The van der Waals surface area contributed by atoms with Gasteiger partial charge in [0.1, 0.15) is 6.04 Å². The second-order valence-corrected chi connectivity index (χ2v) is 4.80. The highest BCUT2D eigenvalue weighted by atomic mass is 16.4. The lowest BCUT2D eigenvalue weighted by atomic mass is 9.94. The molecule has 8 heteroatoms. The van der Waals surface area contributed by atoms with E-state index in [9.17, 15) is 14.7 Å². The van der Waals surface area contributed by atoms with Crippen LogP contribution in [0.5, 0.6) is 0 Å². The Balaban J connectivity index is 1.96. The molecular formula is C13H13N5O3. The monoisotopic (exact) mass is 287 g/mol. The number of amides is 1. The van der Waals surface area contributed by atoms with Gasteiger partial charge in [-0.15, -0.1) is 5.10 Å². The fourth-order valence-corrected chi connectivity index (χ4v) is 2.46. The second-order valence-electron chi connectivity index (χ2n) is 4.80. The van der Waals surface area contributed by atoms with Crippen molar-refractivity contribution < 1.29 is 14.7 Å². The molecule has 1 aliphatic heterocycles. The Morgan fingerprint density at radius 2 is 2.05 bits per heavy atom. The highest BCUT2D eigenvalue weighted by Gasteiger charge is 2.36. The van der Waals surface area contributed by atoms with Gasteiger partial charge in [-0.05, 0) is 11.1 Å². The van der Waals surface area contributed by atoms with Gasteiger partial charge in [-0.2, -0.15) is 4.98 Å². The molecule has 1 aliphatic rings. The predicted molar refractivity (Wildman–Crippen MR) is 72.2 cm³/mol. The summed E-state index contributed by atoms with van der Waals surface area (Å²) in [6.07, 6.45) is 0.265. The molecule has 0 spiro atoms. The maximum Gasteiger partial charge on any atom is 0.326 e. The molecule has 21 heavy (non-hydrogen) atoms. The molecule has 1 atom stereocenters. The van der Waals surface area contributed by atoms with Crippen LogP contribution in [0.15, 0.2) is 24.3 Å². The highest BCUT2D eigenvalue weighted by Crippen LogP contribution is 2.24. The van der Waals surface area contributed by atoms with Gasteiger partial charge in [0.25, 0.3) is 5.91 Å². The zero-order chi connectivity index (χ0) is 15.0. The Hall–Kier alpha value is -2.90. The van der Waals surface area contributed by atoms with E-state index in [4.69, 9.17) is 5.73 Å². The van der Waals surface area contributed by atoms with Crippen LogP contribution >= 0.6 is 0 Å². The lowest BCUT2D eigenvalue weighted by molar-refractivity contribution is -0.142. The van der Waals surface area contributed by atoms with Gasteiger partial charge in [0, 0.05) is 13.0 Å². The third-order valence-electron chi connectivity index (χ3n) is 3.50. The third-order valence-corrected chi connectivity index (χ3v) is 3.50. The summed E-state index contributed by atoms with van der Waals surface area (Å²) in [5.41, 5.74) is 7.24. The van der Waals surface area contributed by atoms with Gasteiger partial charge in [0.05, 0.1) is 0 Å². The molecule has 1 aromatic heterocycles. The van der Waals surface area contributed by atoms with Crippen LogP contribution in [-0.2, 0) is 17.8 Å². The first-order valence-electron chi connectivity index (χ1n) is 6.34. The number of hydrogen-bond donors (Lipinski definition) is 3. The van der Waals surface area contributed by atoms with Crippen molar-refractivity contribution in [1.82, 2.24) is 20.1 Å². The van der Waals surface area contributed by atoms with Crippen LogP contribution in [0.4, 0.5) is 5.95 Å². The first-order chi connectivity index (χ1) is 10.1. The smallest absolute Gasteiger partial charge is 0.326 e. The average molecular weight is 287 g/mol. The minimum atomic E-state index is -1.05. The number of carboxylic acids is 1. The largest absolute Gasteiger partial charge is 0.480 e. The number of anilines is 1. The first-order valence-corrected chi connectivity index (χ1v) is 6.34. The number of carbonyl (C=O) groups is 2. The molecule has 0 bridgehead atoms. The zero-order valence-corrected chi connectivity index (χ0v) is 11.0.